The summed E-state index contributed by atoms with van der Waals surface area (Å²) >= 11 is 0. The number of aliphatic hydroxyl groups excluding tert-OH is 1. The molecule has 0 saturated heterocycles. The topological polar surface area (TPSA) is 58.6 Å². The minimum absolute atomic E-state index is 0.0474. The first kappa shape index (κ1) is 17.0. The van der Waals surface area contributed by atoms with Gasteiger partial charge in [-0.15, -0.1) is 0 Å². The van der Waals surface area contributed by atoms with Crippen LogP contribution in [0.3, 0.4) is 0 Å². The third-order valence-electron chi connectivity index (χ3n) is 3.72. The van der Waals surface area contributed by atoms with Crippen molar-refractivity contribution in [3.05, 3.63) is 65.2 Å². The van der Waals surface area contributed by atoms with Crippen LogP contribution in [0.4, 0.5) is 0 Å². The maximum atomic E-state index is 12.1. The van der Waals surface area contributed by atoms with Gasteiger partial charge in [-0.05, 0) is 49.1 Å². The van der Waals surface area contributed by atoms with Gasteiger partial charge in [-0.1, -0.05) is 36.4 Å². The molecule has 1 amide bonds. The fraction of sp³-hybridized carbons (Fsp3) is 0.316. The van der Waals surface area contributed by atoms with Crippen LogP contribution in [0.5, 0.6) is 5.75 Å². The monoisotopic (exact) mass is 313 g/mol. The van der Waals surface area contributed by atoms with E-state index in [0.29, 0.717) is 12.3 Å². The number of aliphatic hydroxyl groups is 1. The third kappa shape index (κ3) is 5.11. The van der Waals surface area contributed by atoms with Crippen LogP contribution in [0.2, 0.25) is 0 Å². The first-order chi connectivity index (χ1) is 11.1. The number of benzene rings is 2. The molecule has 0 heterocycles. The molecule has 2 N–H and O–H groups in total. The van der Waals surface area contributed by atoms with E-state index in [4.69, 9.17) is 9.84 Å². The van der Waals surface area contributed by atoms with Gasteiger partial charge < -0.3 is 15.2 Å². The molecule has 0 saturated carbocycles. The van der Waals surface area contributed by atoms with Gasteiger partial charge in [0.15, 0.2) is 6.10 Å². The second kappa shape index (κ2) is 8.34. The fourth-order valence-electron chi connectivity index (χ4n) is 2.33. The summed E-state index contributed by atoms with van der Waals surface area (Å²) in [6.07, 6.45) is 0.214. The maximum absolute atomic E-state index is 12.1. The molecule has 2 rings (SSSR count). The van der Waals surface area contributed by atoms with E-state index in [9.17, 15) is 4.79 Å². The van der Waals surface area contributed by atoms with Crippen molar-refractivity contribution in [2.24, 2.45) is 0 Å². The highest BCUT2D eigenvalue weighted by Gasteiger charge is 2.14. The number of carbonyl (C=O) groups excluding carboxylic acids is 1. The van der Waals surface area contributed by atoms with E-state index >= 15 is 0 Å². The first-order valence-electron chi connectivity index (χ1n) is 7.79. The van der Waals surface area contributed by atoms with E-state index in [1.54, 1.807) is 31.2 Å². The Bertz CT molecular complexity index is 655. The Morgan fingerprint density at radius 3 is 2.74 bits per heavy atom. The molecule has 0 bridgehead atoms. The SMILES string of the molecule is Cc1ccccc1CCNC(=O)C(C)Oc1cccc(CO)c1. The fourth-order valence-corrected chi connectivity index (χ4v) is 2.33. The lowest BCUT2D eigenvalue weighted by Gasteiger charge is -2.15. The second-order valence-corrected chi connectivity index (χ2v) is 5.53. The zero-order valence-corrected chi connectivity index (χ0v) is 13.6. The molecular formula is C19H23NO3. The predicted molar refractivity (Wildman–Crippen MR) is 90.3 cm³/mol. The molecule has 4 nitrogen and oxygen atoms in total. The Morgan fingerprint density at radius 2 is 2.00 bits per heavy atom. The van der Waals surface area contributed by atoms with Crippen molar-refractivity contribution in [3.8, 4) is 5.75 Å². The highest BCUT2D eigenvalue weighted by atomic mass is 16.5. The van der Waals surface area contributed by atoms with Crippen molar-refractivity contribution in [2.45, 2.75) is 33.0 Å². The number of aryl methyl sites for hydroxylation is 1. The average Bonchev–Trinajstić information content (AvgIpc) is 2.56. The van der Waals surface area contributed by atoms with E-state index in [0.717, 1.165) is 12.0 Å². The molecule has 0 aliphatic heterocycles. The zero-order chi connectivity index (χ0) is 16.7. The molecule has 0 aromatic heterocycles. The van der Waals surface area contributed by atoms with Gasteiger partial charge >= 0.3 is 0 Å². The first-order valence-corrected chi connectivity index (χ1v) is 7.79. The van der Waals surface area contributed by atoms with Crippen molar-refractivity contribution in [2.75, 3.05) is 6.54 Å². The Labute approximate surface area is 137 Å². The molecule has 4 heteroatoms. The smallest absolute Gasteiger partial charge is 0.260 e. The lowest BCUT2D eigenvalue weighted by Crippen LogP contribution is -2.37. The lowest BCUT2D eigenvalue weighted by molar-refractivity contribution is -0.127. The molecule has 1 unspecified atom stereocenters. The highest BCUT2D eigenvalue weighted by molar-refractivity contribution is 5.80. The molecular weight excluding hydrogens is 290 g/mol. The van der Waals surface area contributed by atoms with Gasteiger partial charge in [-0.2, -0.15) is 0 Å². The summed E-state index contributed by atoms with van der Waals surface area (Å²) in [7, 11) is 0. The number of carbonyl (C=O) groups is 1. The summed E-state index contributed by atoms with van der Waals surface area (Å²) in [5.74, 6) is 0.436. The molecule has 0 aliphatic rings. The maximum Gasteiger partial charge on any atom is 0.260 e. The van der Waals surface area contributed by atoms with Crippen LogP contribution >= 0.6 is 0 Å². The van der Waals surface area contributed by atoms with E-state index in [-0.39, 0.29) is 12.5 Å². The summed E-state index contributed by atoms with van der Waals surface area (Å²) in [5, 5.41) is 12.0. The number of ether oxygens (including phenoxy) is 1. The van der Waals surface area contributed by atoms with Crippen LogP contribution in [0.15, 0.2) is 48.5 Å². The van der Waals surface area contributed by atoms with Gasteiger partial charge in [0.05, 0.1) is 6.61 Å². The van der Waals surface area contributed by atoms with E-state index in [1.807, 2.05) is 12.1 Å². The van der Waals surface area contributed by atoms with Gasteiger partial charge in [-0.3, -0.25) is 4.79 Å². The van der Waals surface area contributed by atoms with Crippen LogP contribution < -0.4 is 10.1 Å². The molecule has 0 spiro atoms. The molecule has 2 aromatic carbocycles. The summed E-state index contributed by atoms with van der Waals surface area (Å²) in [5.41, 5.74) is 3.22. The molecule has 1 atom stereocenters. The molecule has 2 aromatic rings. The van der Waals surface area contributed by atoms with Crippen molar-refractivity contribution in [1.29, 1.82) is 0 Å². The second-order valence-electron chi connectivity index (χ2n) is 5.53. The number of rotatable bonds is 7. The summed E-state index contributed by atoms with van der Waals surface area (Å²) < 4.78 is 5.62. The minimum atomic E-state index is -0.583. The zero-order valence-electron chi connectivity index (χ0n) is 13.6. The van der Waals surface area contributed by atoms with Crippen LogP contribution in [0, 0.1) is 6.92 Å². The number of amides is 1. The van der Waals surface area contributed by atoms with Crippen LogP contribution in [-0.2, 0) is 17.8 Å². The molecule has 0 fully saturated rings. The van der Waals surface area contributed by atoms with Gasteiger partial charge in [-0.25, -0.2) is 0 Å². The number of hydrogen-bond acceptors (Lipinski definition) is 3. The summed E-state index contributed by atoms with van der Waals surface area (Å²) in [6, 6.07) is 15.3. The van der Waals surface area contributed by atoms with E-state index in [1.165, 1.54) is 11.1 Å². The molecule has 0 aliphatic carbocycles. The largest absolute Gasteiger partial charge is 0.481 e. The molecule has 122 valence electrons. The normalized spacial score (nSPS) is 11.8. The van der Waals surface area contributed by atoms with Crippen LogP contribution in [0.1, 0.15) is 23.6 Å². The Morgan fingerprint density at radius 1 is 1.22 bits per heavy atom. The van der Waals surface area contributed by atoms with E-state index in [2.05, 4.69) is 24.4 Å². The lowest BCUT2D eigenvalue weighted by atomic mass is 10.1. The average molecular weight is 313 g/mol. The summed E-state index contributed by atoms with van der Waals surface area (Å²) in [6.45, 7) is 4.31. The molecule has 23 heavy (non-hydrogen) atoms. The van der Waals surface area contributed by atoms with E-state index < -0.39 is 6.10 Å². The standard InChI is InChI=1S/C19H23NO3/c1-14-6-3-4-8-17(14)10-11-20-19(22)15(2)23-18-9-5-7-16(12-18)13-21/h3-9,12,15,21H,10-11,13H2,1-2H3,(H,20,22). The van der Waals surface area contributed by atoms with Crippen molar-refractivity contribution in [1.82, 2.24) is 5.32 Å². The van der Waals surface area contributed by atoms with Crippen molar-refractivity contribution >= 4 is 5.91 Å². The number of nitrogens with one attached hydrogen (secondary N) is 1. The van der Waals surface area contributed by atoms with Gasteiger partial charge in [0.25, 0.3) is 5.91 Å². The quantitative estimate of drug-likeness (QED) is 0.826. The van der Waals surface area contributed by atoms with Gasteiger partial charge in [0, 0.05) is 6.54 Å². The third-order valence-corrected chi connectivity index (χ3v) is 3.72. The molecule has 0 radical (unpaired) electrons. The van der Waals surface area contributed by atoms with Crippen molar-refractivity contribution in [3.63, 3.8) is 0 Å². The summed E-state index contributed by atoms with van der Waals surface area (Å²) in [4.78, 5) is 12.1. The number of hydrogen-bond donors (Lipinski definition) is 2. The minimum Gasteiger partial charge on any atom is -0.481 e. The van der Waals surface area contributed by atoms with Crippen LogP contribution in [-0.4, -0.2) is 23.7 Å². The van der Waals surface area contributed by atoms with Gasteiger partial charge in [0.2, 0.25) is 0 Å². The van der Waals surface area contributed by atoms with Crippen LogP contribution in [0.25, 0.3) is 0 Å². The highest BCUT2D eigenvalue weighted by Crippen LogP contribution is 2.15. The predicted octanol–water partition coefficient (Wildman–Crippen LogP) is 2.61. The van der Waals surface area contributed by atoms with Crippen molar-refractivity contribution < 1.29 is 14.6 Å². The Hall–Kier alpha value is -2.33. The Balaban J connectivity index is 1.82. The van der Waals surface area contributed by atoms with Gasteiger partial charge in [0.1, 0.15) is 5.75 Å². The Kier molecular flexibility index (Phi) is 6.18.